The number of carbonyl (C=O) groups excluding carboxylic acids is 2. The van der Waals surface area contributed by atoms with Gasteiger partial charge in [0, 0.05) is 35.5 Å². The Hall–Kier alpha value is -1.24. The standard InChI is InChI=1S/C17H22ClN3O2S/c1-2-21-7-5-12(6-8-21)19-16(22)10-15-17(23)20-13-9-11(18)3-4-14(13)24-15/h3-4,9,12,15H,2,5-8,10H2,1H3,(H,19,22)(H,20,23)/t15-/m0/s1. The molecule has 0 bridgehead atoms. The molecule has 0 aromatic heterocycles. The lowest BCUT2D eigenvalue weighted by Gasteiger charge is -2.32. The summed E-state index contributed by atoms with van der Waals surface area (Å²) < 4.78 is 0. The van der Waals surface area contributed by atoms with E-state index in [-0.39, 0.29) is 24.3 Å². The monoisotopic (exact) mass is 367 g/mol. The number of anilines is 1. The third-order valence-electron chi connectivity index (χ3n) is 4.53. The predicted octanol–water partition coefficient (Wildman–Crippen LogP) is 2.74. The summed E-state index contributed by atoms with van der Waals surface area (Å²) in [5, 5.41) is 6.12. The van der Waals surface area contributed by atoms with Gasteiger partial charge in [-0.05, 0) is 37.6 Å². The molecule has 7 heteroatoms. The van der Waals surface area contributed by atoms with Crippen LogP contribution in [0.15, 0.2) is 23.1 Å². The molecule has 2 aliphatic rings. The van der Waals surface area contributed by atoms with Crippen LogP contribution in [0.4, 0.5) is 5.69 Å². The minimum Gasteiger partial charge on any atom is -0.353 e. The van der Waals surface area contributed by atoms with E-state index in [9.17, 15) is 9.59 Å². The number of amides is 2. The van der Waals surface area contributed by atoms with Gasteiger partial charge in [0.15, 0.2) is 0 Å². The maximum Gasteiger partial charge on any atom is 0.238 e. The van der Waals surface area contributed by atoms with E-state index in [1.54, 1.807) is 12.1 Å². The van der Waals surface area contributed by atoms with Crippen LogP contribution in [-0.2, 0) is 9.59 Å². The average Bonchev–Trinajstić information content (AvgIpc) is 2.56. The van der Waals surface area contributed by atoms with Gasteiger partial charge in [0.05, 0.1) is 10.9 Å². The van der Waals surface area contributed by atoms with E-state index in [2.05, 4.69) is 22.5 Å². The molecule has 0 aliphatic carbocycles. The second-order valence-electron chi connectivity index (χ2n) is 6.22. The fraction of sp³-hybridized carbons (Fsp3) is 0.529. The molecule has 5 nitrogen and oxygen atoms in total. The molecular weight excluding hydrogens is 346 g/mol. The molecule has 0 unspecified atom stereocenters. The number of carbonyl (C=O) groups is 2. The molecule has 0 saturated carbocycles. The van der Waals surface area contributed by atoms with E-state index in [1.165, 1.54) is 11.8 Å². The van der Waals surface area contributed by atoms with Gasteiger partial charge in [0.2, 0.25) is 11.8 Å². The van der Waals surface area contributed by atoms with Gasteiger partial charge in [0.1, 0.15) is 0 Å². The Morgan fingerprint density at radius 3 is 2.88 bits per heavy atom. The molecule has 1 fully saturated rings. The first-order chi connectivity index (χ1) is 11.5. The van der Waals surface area contributed by atoms with E-state index in [4.69, 9.17) is 11.6 Å². The van der Waals surface area contributed by atoms with Crippen molar-refractivity contribution in [1.29, 1.82) is 0 Å². The first kappa shape index (κ1) is 17.6. The van der Waals surface area contributed by atoms with Gasteiger partial charge < -0.3 is 15.5 Å². The number of nitrogens with zero attached hydrogens (tertiary/aromatic N) is 1. The number of thioether (sulfide) groups is 1. The summed E-state index contributed by atoms with van der Waals surface area (Å²) in [5.41, 5.74) is 0.723. The SMILES string of the molecule is CCN1CCC(NC(=O)C[C@@H]2Sc3ccc(Cl)cc3NC2=O)CC1. The minimum absolute atomic E-state index is 0.0463. The maximum atomic E-state index is 12.3. The Balaban J connectivity index is 1.53. The third-order valence-corrected chi connectivity index (χ3v) is 6.04. The lowest BCUT2D eigenvalue weighted by molar-refractivity contribution is -0.124. The lowest BCUT2D eigenvalue weighted by Crippen LogP contribution is -2.45. The summed E-state index contributed by atoms with van der Waals surface area (Å²) in [7, 11) is 0. The van der Waals surface area contributed by atoms with Crippen molar-refractivity contribution in [3.05, 3.63) is 23.2 Å². The number of likely N-dealkylation sites (tertiary alicyclic amines) is 1. The van der Waals surface area contributed by atoms with Gasteiger partial charge in [-0.15, -0.1) is 11.8 Å². The number of fused-ring (bicyclic) bond motifs is 1. The number of halogens is 1. The molecule has 1 aromatic rings. The Labute approximate surface area is 151 Å². The quantitative estimate of drug-likeness (QED) is 0.859. The van der Waals surface area contributed by atoms with Crippen molar-refractivity contribution in [2.75, 3.05) is 25.0 Å². The lowest BCUT2D eigenvalue weighted by atomic mass is 10.0. The number of piperidine rings is 1. The first-order valence-corrected chi connectivity index (χ1v) is 9.59. The van der Waals surface area contributed by atoms with Crippen LogP contribution in [-0.4, -0.2) is 47.6 Å². The van der Waals surface area contributed by atoms with Gasteiger partial charge in [0.25, 0.3) is 0 Å². The highest BCUT2D eigenvalue weighted by molar-refractivity contribution is 8.01. The van der Waals surface area contributed by atoms with Crippen molar-refractivity contribution in [2.45, 2.75) is 42.4 Å². The normalized spacial score (nSPS) is 21.9. The highest BCUT2D eigenvalue weighted by Crippen LogP contribution is 2.38. The van der Waals surface area contributed by atoms with Crippen molar-refractivity contribution >= 4 is 40.9 Å². The van der Waals surface area contributed by atoms with Crippen LogP contribution in [0.25, 0.3) is 0 Å². The second-order valence-corrected chi connectivity index (χ2v) is 7.90. The van der Waals surface area contributed by atoms with Gasteiger partial charge in [-0.3, -0.25) is 9.59 Å². The zero-order chi connectivity index (χ0) is 17.1. The average molecular weight is 368 g/mol. The molecule has 130 valence electrons. The van der Waals surface area contributed by atoms with Crippen LogP contribution in [0.5, 0.6) is 0 Å². The summed E-state index contributed by atoms with van der Waals surface area (Å²) in [5.74, 6) is -0.180. The van der Waals surface area contributed by atoms with Crippen LogP contribution >= 0.6 is 23.4 Å². The molecule has 2 amide bonds. The van der Waals surface area contributed by atoms with E-state index >= 15 is 0 Å². The Morgan fingerprint density at radius 1 is 1.42 bits per heavy atom. The Bertz CT molecular complexity index is 632. The molecule has 3 rings (SSSR count). The minimum atomic E-state index is -0.394. The van der Waals surface area contributed by atoms with Gasteiger partial charge in [-0.25, -0.2) is 0 Å². The summed E-state index contributed by atoms with van der Waals surface area (Å²) in [6, 6.07) is 5.64. The molecule has 2 heterocycles. The molecule has 1 aromatic carbocycles. The van der Waals surface area contributed by atoms with Gasteiger partial charge in [-0.1, -0.05) is 18.5 Å². The fourth-order valence-electron chi connectivity index (χ4n) is 3.11. The molecule has 0 spiro atoms. The number of hydrogen-bond acceptors (Lipinski definition) is 4. The number of hydrogen-bond donors (Lipinski definition) is 2. The van der Waals surface area contributed by atoms with Crippen molar-refractivity contribution in [3.63, 3.8) is 0 Å². The van der Waals surface area contributed by atoms with Crippen molar-refractivity contribution in [3.8, 4) is 0 Å². The highest BCUT2D eigenvalue weighted by Gasteiger charge is 2.30. The fourth-order valence-corrected chi connectivity index (χ4v) is 4.37. The van der Waals surface area contributed by atoms with Crippen molar-refractivity contribution in [2.24, 2.45) is 0 Å². The molecule has 0 radical (unpaired) electrons. The summed E-state index contributed by atoms with van der Waals surface area (Å²) in [6.07, 6.45) is 2.16. The molecule has 2 aliphatic heterocycles. The smallest absolute Gasteiger partial charge is 0.238 e. The summed E-state index contributed by atoms with van der Waals surface area (Å²) >= 11 is 7.37. The number of rotatable bonds is 4. The third kappa shape index (κ3) is 4.23. The second kappa shape index (κ2) is 7.76. The largest absolute Gasteiger partial charge is 0.353 e. The zero-order valence-electron chi connectivity index (χ0n) is 13.7. The molecule has 1 atom stereocenters. The van der Waals surface area contributed by atoms with Crippen LogP contribution < -0.4 is 10.6 Å². The molecule has 24 heavy (non-hydrogen) atoms. The van der Waals surface area contributed by atoms with E-state index < -0.39 is 5.25 Å². The Kier molecular flexibility index (Phi) is 5.69. The van der Waals surface area contributed by atoms with Crippen molar-refractivity contribution < 1.29 is 9.59 Å². The number of nitrogens with one attached hydrogen (secondary N) is 2. The van der Waals surface area contributed by atoms with Crippen molar-refractivity contribution in [1.82, 2.24) is 10.2 Å². The van der Waals surface area contributed by atoms with Crippen LogP contribution in [0.2, 0.25) is 5.02 Å². The Morgan fingerprint density at radius 2 is 2.17 bits per heavy atom. The molecule has 2 N–H and O–H groups in total. The van der Waals surface area contributed by atoms with Gasteiger partial charge in [-0.2, -0.15) is 0 Å². The van der Waals surface area contributed by atoms with Crippen LogP contribution in [0.3, 0.4) is 0 Å². The molecular formula is C17H22ClN3O2S. The molecule has 1 saturated heterocycles. The zero-order valence-corrected chi connectivity index (χ0v) is 15.3. The summed E-state index contributed by atoms with van der Waals surface area (Å²) in [4.78, 5) is 27.9. The topological polar surface area (TPSA) is 61.4 Å². The van der Waals surface area contributed by atoms with E-state index in [0.717, 1.165) is 43.1 Å². The van der Waals surface area contributed by atoms with E-state index in [0.29, 0.717) is 5.02 Å². The van der Waals surface area contributed by atoms with Gasteiger partial charge >= 0.3 is 0 Å². The predicted molar refractivity (Wildman–Crippen MR) is 97.6 cm³/mol. The number of benzene rings is 1. The van der Waals surface area contributed by atoms with E-state index in [1.807, 2.05) is 6.07 Å². The highest BCUT2D eigenvalue weighted by atomic mass is 35.5. The first-order valence-electron chi connectivity index (χ1n) is 8.34. The maximum absolute atomic E-state index is 12.3. The van der Waals surface area contributed by atoms with Crippen LogP contribution in [0.1, 0.15) is 26.2 Å². The van der Waals surface area contributed by atoms with Crippen LogP contribution in [0, 0.1) is 0 Å². The summed E-state index contributed by atoms with van der Waals surface area (Å²) in [6.45, 7) is 5.26.